The number of ether oxygens (including phenoxy) is 2. The van der Waals surface area contributed by atoms with Crippen LogP contribution in [-0.4, -0.2) is 50.0 Å². The van der Waals surface area contributed by atoms with Gasteiger partial charge in [-0.3, -0.25) is 0 Å². The molecule has 2 amide bonds. The summed E-state index contributed by atoms with van der Waals surface area (Å²) in [5.74, 6) is 1.04. The van der Waals surface area contributed by atoms with Gasteiger partial charge in [-0.2, -0.15) is 0 Å². The van der Waals surface area contributed by atoms with Crippen molar-refractivity contribution in [2.75, 3.05) is 39.2 Å². The van der Waals surface area contributed by atoms with Gasteiger partial charge in [-0.15, -0.1) is 0 Å². The van der Waals surface area contributed by atoms with Gasteiger partial charge in [0.25, 0.3) is 0 Å². The van der Waals surface area contributed by atoms with Crippen LogP contribution in [-0.2, 0) is 0 Å². The molecule has 0 aliphatic heterocycles. The Balaban J connectivity index is 2.94. The van der Waals surface area contributed by atoms with Crippen LogP contribution >= 0.6 is 0 Å². The van der Waals surface area contributed by atoms with Gasteiger partial charge in [-0.05, 0) is 19.1 Å². The lowest BCUT2D eigenvalue weighted by atomic mass is 10.2. The van der Waals surface area contributed by atoms with Gasteiger partial charge < -0.3 is 24.8 Å². The number of nitrogens with one attached hydrogen (secondary N) is 1. The smallest absolute Gasteiger partial charge is 0.322 e. The van der Waals surface area contributed by atoms with Crippen molar-refractivity contribution in [3.8, 4) is 11.5 Å². The fraction of sp³-hybridized carbons (Fsp3) is 0.462. The van der Waals surface area contributed by atoms with Crippen LogP contribution in [0.3, 0.4) is 0 Å². The van der Waals surface area contributed by atoms with Gasteiger partial charge >= 0.3 is 6.03 Å². The number of hydrogen-bond acceptors (Lipinski definition) is 4. The number of para-hydroxylation sites is 1. The van der Waals surface area contributed by atoms with Gasteiger partial charge in [-0.1, -0.05) is 6.07 Å². The lowest BCUT2D eigenvalue weighted by Gasteiger charge is -2.22. The number of rotatable bonds is 6. The van der Waals surface area contributed by atoms with Gasteiger partial charge in [0.05, 0.1) is 20.8 Å². The van der Waals surface area contributed by atoms with E-state index in [0.29, 0.717) is 23.7 Å². The van der Waals surface area contributed by atoms with E-state index in [1.165, 1.54) is 19.1 Å². The van der Waals surface area contributed by atoms with E-state index in [-0.39, 0.29) is 19.2 Å². The highest BCUT2D eigenvalue weighted by molar-refractivity contribution is 5.93. The minimum absolute atomic E-state index is 0.0790. The normalized spacial score (nSPS) is 9.89. The lowest BCUT2D eigenvalue weighted by molar-refractivity contribution is 0.191. The molecule has 0 spiro atoms. The number of carbonyl (C=O) groups is 1. The molecular weight excluding hydrogens is 248 g/mol. The summed E-state index contributed by atoms with van der Waals surface area (Å²) >= 11 is 0. The zero-order chi connectivity index (χ0) is 14.3. The third-order valence-corrected chi connectivity index (χ3v) is 2.70. The number of aliphatic hydroxyl groups excluding tert-OH is 1. The Morgan fingerprint density at radius 3 is 2.32 bits per heavy atom. The van der Waals surface area contributed by atoms with Gasteiger partial charge in [0.2, 0.25) is 0 Å². The molecule has 0 aliphatic rings. The van der Waals surface area contributed by atoms with Crippen LogP contribution in [0.15, 0.2) is 18.2 Å². The molecular formula is C13H20N2O4. The summed E-state index contributed by atoms with van der Waals surface area (Å²) in [6, 6.07) is 4.94. The number of amides is 2. The second kappa shape index (κ2) is 7.48. The summed E-state index contributed by atoms with van der Waals surface area (Å²) in [6.07, 6.45) is 0. The second-order valence-corrected chi connectivity index (χ2v) is 3.77. The van der Waals surface area contributed by atoms with Crippen LogP contribution in [0.2, 0.25) is 0 Å². The SMILES string of the molecule is CCN(CCO)C(=O)Nc1c(OC)cccc1OC. The molecule has 1 aromatic carbocycles. The van der Waals surface area contributed by atoms with E-state index >= 15 is 0 Å². The maximum absolute atomic E-state index is 12.1. The molecule has 0 saturated heterocycles. The fourth-order valence-electron chi connectivity index (χ4n) is 1.68. The first-order valence-electron chi connectivity index (χ1n) is 6.05. The van der Waals surface area contributed by atoms with E-state index < -0.39 is 0 Å². The molecule has 0 fully saturated rings. The molecule has 6 heteroatoms. The maximum Gasteiger partial charge on any atom is 0.322 e. The zero-order valence-electron chi connectivity index (χ0n) is 11.5. The highest BCUT2D eigenvalue weighted by Crippen LogP contribution is 2.34. The first kappa shape index (κ1) is 15.1. The van der Waals surface area contributed by atoms with E-state index in [4.69, 9.17) is 14.6 Å². The standard InChI is InChI=1S/C13H20N2O4/c1-4-15(8-9-16)13(17)14-12-10(18-2)6-5-7-11(12)19-3/h5-7,16H,4,8-9H2,1-3H3,(H,14,17). The molecule has 0 aliphatic carbocycles. The van der Waals surface area contributed by atoms with Crippen molar-refractivity contribution in [1.82, 2.24) is 4.90 Å². The molecule has 0 aromatic heterocycles. The summed E-state index contributed by atoms with van der Waals surface area (Å²) in [5, 5.41) is 11.7. The second-order valence-electron chi connectivity index (χ2n) is 3.77. The van der Waals surface area contributed by atoms with E-state index in [1.807, 2.05) is 6.92 Å². The van der Waals surface area contributed by atoms with Gasteiger partial charge in [0.15, 0.2) is 0 Å². The summed E-state index contributed by atoms with van der Waals surface area (Å²) in [6.45, 7) is 2.54. The number of carbonyl (C=O) groups excluding carboxylic acids is 1. The first-order chi connectivity index (χ1) is 9.17. The van der Waals surface area contributed by atoms with Gasteiger partial charge in [0.1, 0.15) is 17.2 Å². The van der Waals surface area contributed by atoms with Crippen LogP contribution in [0.25, 0.3) is 0 Å². The van der Waals surface area contributed by atoms with E-state index in [9.17, 15) is 4.79 Å². The molecule has 6 nitrogen and oxygen atoms in total. The quantitative estimate of drug-likeness (QED) is 0.821. The molecule has 2 N–H and O–H groups in total. The van der Waals surface area contributed by atoms with Crippen molar-refractivity contribution in [3.63, 3.8) is 0 Å². The summed E-state index contributed by atoms with van der Waals surface area (Å²) in [7, 11) is 3.05. The molecule has 0 radical (unpaired) electrons. The molecule has 1 aromatic rings. The van der Waals surface area contributed by atoms with Crippen molar-refractivity contribution in [3.05, 3.63) is 18.2 Å². The number of urea groups is 1. The molecule has 19 heavy (non-hydrogen) atoms. The van der Waals surface area contributed by atoms with E-state index in [0.717, 1.165) is 0 Å². The Labute approximate surface area is 112 Å². The van der Waals surface area contributed by atoms with Crippen LogP contribution < -0.4 is 14.8 Å². The zero-order valence-corrected chi connectivity index (χ0v) is 11.5. The Bertz CT molecular complexity index is 401. The molecule has 0 saturated carbocycles. The maximum atomic E-state index is 12.1. The molecule has 0 bridgehead atoms. The number of aliphatic hydroxyl groups is 1. The Kier molecular flexibility index (Phi) is 5.95. The fourth-order valence-corrected chi connectivity index (χ4v) is 1.68. The molecule has 106 valence electrons. The molecule has 0 unspecified atom stereocenters. The Hall–Kier alpha value is -1.95. The van der Waals surface area contributed by atoms with Gasteiger partial charge in [0, 0.05) is 13.1 Å². The lowest BCUT2D eigenvalue weighted by Crippen LogP contribution is -2.37. The predicted octanol–water partition coefficient (Wildman–Crippen LogP) is 1.55. The van der Waals surface area contributed by atoms with Crippen LogP contribution in [0.4, 0.5) is 10.5 Å². The van der Waals surface area contributed by atoms with E-state index in [2.05, 4.69) is 5.32 Å². The van der Waals surface area contributed by atoms with Crippen molar-refractivity contribution in [2.45, 2.75) is 6.92 Å². The largest absolute Gasteiger partial charge is 0.494 e. The van der Waals surface area contributed by atoms with Crippen molar-refractivity contribution in [1.29, 1.82) is 0 Å². The Morgan fingerprint density at radius 1 is 1.32 bits per heavy atom. The van der Waals surface area contributed by atoms with Crippen molar-refractivity contribution >= 4 is 11.7 Å². The third-order valence-electron chi connectivity index (χ3n) is 2.70. The number of methoxy groups -OCH3 is 2. The van der Waals surface area contributed by atoms with Crippen molar-refractivity contribution < 1.29 is 19.4 Å². The predicted molar refractivity (Wildman–Crippen MR) is 72.9 cm³/mol. The number of benzene rings is 1. The van der Waals surface area contributed by atoms with Crippen molar-refractivity contribution in [2.24, 2.45) is 0 Å². The van der Waals surface area contributed by atoms with Crippen LogP contribution in [0.5, 0.6) is 11.5 Å². The summed E-state index contributed by atoms with van der Waals surface area (Å²) in [5.41, 5.74) is 0.480. The topological polar surface area (TPSA) is 71.0 Å². The Morgan fingerprint density at radius 2 is 1.89 bits per heavy atom. The average Bonchev–Trinajstić information content (AvgIpc) is 2.44. The number of hydrogen-bond donors (Lipinski definition) is 2. The molecule has 1 rings (SSSR count). The summed E-state index contributed by atoms with van der Waals surface area (Å²) < 4.78 is 10.4. The van der Waals surface area contributed by atoms with Crippen LogP contribution in [0.1, 0.15) is 6.92 Å². The van der Waals surface area contributed by atoms with Gasteiger partial charge in [-0.25, -0.2) is 4.79 Å². The monoisotopic (exact) mass is 268 g/mol. The average molecular weight is 268 g/mol. The number of nitrogens with zero attached hydrogens (tertiary/aromatic N) is 1. The molecule has 0 atom stereocenters. The molecule has 0 heterocycles. The number of likely N-dealkylation sites (N-methyl/N-ethyl adjacent to an activating group) is 1. The first-order valence-corrected chi connectivity index (χ1v) is 6.05. The number of anilines is 1. The minimum Gasteiger partial charge on any atom is -0.494 e. The van der Waals surface area contributed by atoms with E-state index in [1.54, 1.807) is 18.2 Å². The third kappa shape index (κ3) is 3.75. The minimum atomic E-state index is -0.306. The van der Waals surface area contributed by atoms with Crippen LogP contribution in [0, 0.1) is 0 Å². The summed E-state index contributed by atoms with van der Waals surface area (Å²) in [4.78, 5) is 13.6. The highest BCUT2D eigenvalue weighted by Gasteiger charge is 2.16. The highest BCUT2D eigenvalue weighted by atomic mass is 16.5.